The van der Waals surface area contributed by atoms with Gasteiger partial charge in [-0.25, -0.2) is 92.8 Å². The monoisotopic (exact) mass is 908 g/mol. The molecule has 0 amide bonds. The third-order valence-electron chi connectivity index (χ3n) is 9.10. The molecule has 62 heavy (non-hydrogen) atoms. The molecule has 0 aliphatic carbocycles. The third-order valence-corrected chi connectivity index (χ3v) is 9.10. The van der Waals surface area contributed by atoms with Crippen LogP contribution >= 0.6 is 0 Å². The van der Waals surface area contributed by atoms with Crippen molar-refractivity contribution in [3.8, 4) is 0 Å². The van der Waals surface area contributed by atoms with E-state index in [-0.39, 0.29) is 11.5 Å². The topological polar surface area (TPSA) is 54.1 Å². The average molecular weight is 908 g/mol. The zero-order chi connectivity index (χ0) is 46.4. The molecular formula is C37H13BF20N2O2. The van der Waals surface area contributed by atoms with E-state index in [1.165, 1.54) is 0 Å². The molecule has 1 heterocycles. The first kappa shape index (κ1) is 46.5. The Labute approximate surface area is 330 Å². The molecule has 326 valence electrons. The van der Waals surface area contributed by atoms with Crippen LogP contribution in [0.3, 0.4) is 0 Å². The molecule has 1 N–H and O–H groups in total. The standard InChI is InChI=1S/C24BF20.C13H13N2O2/c26-5-1(6(27)14(35)21(42)13(5)34)25(2-7(28)15(36)22(43)16(37)8(2)29,3-9(30)17(38)23(44)18(39)10(3)31)4-11(32)19(40)24(45)20(41)12(4)33;16-10-13(17)12-9-15(7-6-14-12)8-11-4-2-1-3-5-11/h;1-7,9,16H,8,10H2/q-1;+1. The van der Waals surface area contributed by atoms with Gasteiger partial charge in [-0.15, -0.1) is 21.9 Å². The van der Waals surface area contributed by atoms with E-state index in [9.17, 15) is 57.5 Å². The molecule has 0 aliphatic rings. The Kier molecular flexibility index (Phi) is 13.1. The van der Waals surface area contributed by atoms with Gasteiger partial charge in [0.15, 0.2) is 94.4 Å². The lowest BCUT2D eigenvalue weighted by molar-refractivity contribution is -0.689. The fourth-order valence-corrected chi connectivity index (χ4v) is 6.42. The smallest absolute Gasteiger partial charge is 0.212 e. The van der Waals surface area contributed by atoms with Crippen molar-refractivity contribution < 1.29 is 102 Å². The number of Topliss-reactive ketones (excluding diaryl/α,β-unsaturated/α-hetero) is 1. The normalized spacial score (nSPS) is 11.5. The minimum absolute atomic E-state index is 0.283. The van der Waals surface area contributed by atoms with Gasteiger partial charge in [0, 0.05) is 5.56 Å². The van der Waals surface area contributed by atoms with Gasteiger partial charge in [0.2, 0.25) is 5.78 Å². The highest BCUT2D eigenvalue weighted by atomic mass is 19.2. The number of rotatable bonds is 8. The highest BCUT2D eigenvalue weighted by molar-refractivity contribution is 7.20. The van der Waals surface area contributed by atoms with Gasteiger partial charge in [-0.2, -0.15) is 4.57 Å². The van der Waals surface area contributed by atoms with Crippen LogP contribution in [0.1, 0.15) is 16.1 Å². The van der Waals surface area contributed by atoms with Crippen molar-refractivity contribution in [1.82, 2.24) is 4.98 Å². The molecule has 0 bridgehead atoms. The van der Waals surface area contributed by atoms with Gasteiger partial charge in [0.05, 0.1) is 6.20 Å². The maximum atomic E-state index is 15.4. The summed E-state index contributed by atoms with van der Waals surface area (Å²) in [5.74, 6) is -71.8. The van der Waals surface area contributed by atoms with E-state index in [4.69, 9.17) is 5.11 Å². The van der Waals surface area contributed by atoms with E-state index < -0.39 is 151 Å². The van der Waals surface area contributed by atoms with E-state index in [0.717, 1.165) is 5.56 Å². The Morgan fingerprint density at radius 1 is 0.452 bits per heavy atom. The van der Waals surface area contributed by atoms with Gasteiger partial charge in [-0.3, -0.25) is 4.79 Å². The van der Waals surface area contributed by atoms with Gasteiger partial charge < -0.3 is 5.11 Å². The predicted molar refractivity (Wildman–Crippen MR) is 171 cm³/mol. The molecule has 25 heteroatoms. The maximum Gasteiger partial charge on any atom is 0.212 e. The molecular weight excluding hydrogens is 895 g/mol. The second-order valence-corrected chi connectivity index (χ2v) is 12.5. The summed E-state index contributed by atoms with van der Waals surface area (Å²) in [6.45, 7) is 0.164. The SMILES string of the molecule is Fc1c(F)c(F)c([B-](c2c(F)c(F)c(F)c(F)c2F)(c2c(F)c(F)c(F)c(F)c2F)c2c(F)c(F)c(F)c(F)c2F)c(F)c1F.O=C(CO)c1c[n+](Cc2ccccc2)ccn1. The summed E-state index contributed by atoms with van der Waals surface area (Å²) in [7, 11) is 0. The highest BCUT2D eigenvalue weighted by Crippen LogP contribution is 2.30. The fourth-order valence-electron chi connectivity index (χ4n) is 6.42. The maximum absolute atomic E-state index is 15.4. The number of carbonyl (C=O) groups is 1. The molecule has 0 aliphatic heterocycles. The first-order valence-electron chi connectivity index (χ1n) is 16.3. The molecule has 4 nitrogen and oxygen atoms in total. The molecule has 6 rings (SSSR count). The molecule has 5 aromatic carbocycles. The minimum Gasteiger partial charge on any atom is -0.388 e. The van der Waals surface area contributed by atoms with Gasteiger partial charge in [0.1, 0.15) is 59.3 Å². The number of carbonyl (C=O) groups excluding carboxylic acids is 1. The second-order valence-electron chi connectivity index (χ2n) is 12.5. The quantitative estimate of drug-likeness (QED) is 0.0479. The van der Waals surface area contributed by atoms with Crippen LogP contribution in [0.25, 0.3) is 0 Å². The summed E-state index contributed by atoms with van der Waals surface area (Å²) >= 11 is 0. The van der Waals surface area contributed by atoms with Gasteiger partial charge in [0.25, 0.3) is 0 Å². The number of nitrogens with zero attached hydrogens (tertiary/aromatic N) is 2. The van der Waals surface area contributed by atoms with E-state index in [2.05, 4.69) is 4.98 Å². The molecule has 0 saturated carbocycles. The summed E-state index contributed by atoms with van der Waals surface area (Å²) in [6.07, 6.45) is -2.22. The van der Waals surface area contributed by atoms with Crippen molar-refractivity contribution in [2.24, 2.45) is 0 Å². The summed E-state index contributed by atoms with van der Waals surface area (Å²) in [4.78, 5) is 15.2. The lowest BCUT2D eigenvalue weighted by atomic mass is 9.12. The van der Waals surface area contributed by atoms with Crippen LogP contribution < -0.4 is 26.4 Å². The van der Waals surface area contributed by atoms with Crippen LogP contribution in [0.15, 0.2) is 48.9 Å². The number of halogens is 20. The van der Waals surface area contributed by atoms with E-state index in [1.807, 2.05) is 34.9 Å². The number of hydrogen-bond donors (Lipinski definition) is 1. The first-order chi connectivity index (χ1) is 29.0. The number of hydrogen-bond acceptors (Lipinski definition) is 3. The number of aromatic nitrogens is 2. The Morgan fingerprint density at radius 3 is 1.00 bits per heavy atom. The van der Waals surface area contributed by atoms with Crippen molar-refractivity contribution in [3.05, 3.63) is 177 Å². The van der Waals surface area contributed by atoms with Crippen molar-refractivity contribution in [1.29, 1.82) is 0 Å². The van der Waals surface area contributed by atoms with Crippen LogP contribution in [0.5, 0.6) is 0 Å². The van der Waals surface area contributed by atoms with Gasteiger partial charge in [-0.1, -0.05) is 30.3 Å². The van der Waals surface area contributed by atoms with Crippen LogP contribution in [0.4, 0.5) is 87.8 Å². The minimum atomic E-state index is -7.22. The summed E-state index contributed by atoms with van der Waals surface area (Å²) in [5, 5.41) is 8.77. The van der Waals surface area contributed by atoms with E-state index in [1.54, 1.807) is 18.6 Å². The second kappa shape index (κ2) is 17.5. The largest absolute Gasteiger partial charge is 0.388 e. The fraction of sp³-hybridized carbons (Fsp3) is 0.0541. The van der Waals surface area contributed by atoms with Gasteiger partial charge >= 0.3 is 0 Å². The molecule has 1 aromatic heterocycles. The summed E-state index contributed by atoms with van der Waals surface area (Å²) < 4.78 is 296. The van der Waals surface area contributed by atoms with E-state index in [0.29, 0.717) is 6.54 Å². The van der Waals surface area contributed by atoms with Crippen molar-refractivity contribution in [2.45, 2.75) is 6.54 Å². The Balaban J connectivity index is 0.000000355. The summed E-state index contributed by atoms with van der Waals surface area (Å²) in [5.41, 5.74) is -12.9. The molecule has 0 saturated heterocycles. The van der Waals surface area contributed by atoms with Gasteiger partial charge in [-0.05, 0) is 0 Å². The van der Waals surface area contributed by atoms with Crippen LogP contribution in [-0.2, 0) is 6.54 Å². The molecule has 6 aromatic rings. The van der Waals surface area contributed by atoms with Crippen molar-refractivity contribution in [2.75, 3.05) is 6.61 Å². The number of aliphatic hydroxyl groups is 1. The Bertz CT molecular complexity index is 2410. The predicted octanol–water partition coefficient (Wildman–Crippen LogP) is 6.44. The molecule has 0 atom stereocenters. The molecule has 0 spiro atoms. The van der Waals surface area contributed by atoms with Crippen molar-refractivity contribution in [3.63, 3.8) is 0 Å². The molecule has 0 fully saturated rings. The third kappa shape index (κ3) is 7.36. The highest BCUT2D eigenvalue weighted by Gasteiger charge is 2.52. The number of aliphatic hydroxyl groups excluding tert-OH is 1. The number of benzene rings is 5. The average Bonchev–Trinajstić information content (AvgIpc) is 3.26. The zero-order valence-corrected chi connectivity index (χ0v) is 29.4. The van der Waals surface area contributed by atoms with Crippen molar-refractivity contribution >= 4 is 33.8 Å². The molecule has 0 radical (unpaired) electrons. The summed E-state index contributed by atoms with van der Waals surface area (Å²) in [6, 6.07) is 9.93. The van der Waals surface area contributed by atoms with Crippen LogP contribution in [0.2, 0.25) is 0 Å². The Hall–Kier alpha value is -6.53. The lowest BCUT2D eigenvalue weighted by Crippen LogP contribution is -2.81. The number of ketones is 1. The first-order valence-corrected chi connectivity index (χ1v) is 16.3. The van der Waals surface area contributed by atoms with E-state index >= 15 is 35.1 Å². The lowest BCUT2D eigenvalue weighted by Gasteiger charge is -2.44. The molecule has 0 unspecified atom stereocenters. The van der Waals surface area contributed by atoms with Crippen LogP contribution in [-0.4, -0.2) is 28.6 Å². The Morgan fingerprint density at radius 2 is 0.726 bits per heavy atom. The van der Waals surface area contributed by atoms with Crippen LogP contribution in [0, 0.1) is 116 Å². The zero-order valence-electron chi connectivity index (χ0n) is 29.4.